The first-order valence-corrected chi connectivity index (χ1v) is 8.99. The monoisotopic (exact) mass is 283 g/mol. The molecular weight excluding hydrogens is 254 g/mol. The molecule has 3 nitrogen and oxygen atoms in total. The predicted molar refractivity (Wildman–Crippen MR) is 83.7 cm³/mol. The van der Waals surface area contributed by atoms with Crippen molar-refractivity contribution in [2.24, 2.45) is 11.7 Å². The van der Waals surface area contributed by atoms with Crippen molar-refractivity contribution in [1.82, 2.24) is 9.80 Å². The molecule has 0 bridgehead atoms. The van der Waals surface area contributed by atoms with Crippen LogP contribution in [0.3, 0.4) is 0 Å². The summed E-state index contributed by atoms with van der Waals surface area (Å²) in [7, 11) is 2.32. The van der Waals surface area contributed by atoms with Gasteiger partial charge in [-0.15, -0.1) is 0 Å². The molecule has 0 aromatic heterocycles. The van der Waals surface area contributed by atoms with Crippen LogP contribution in [-0.2, 0) is 0 Å². The van der Waals surface area contributed by atoms with Gasteiger partial charge in [-0.1, -0.05) is 6.92 Å². The van der Waals surface area contributed by atoms with Crippen molar-refractivity contribution in [1.29, 1.82) is 0 Å². The lowest BCUT2D eigenvalue weighted by Crippen LogP contribution is -2.63. The second kappa shape index (κ2) is 5.55. The molecule has 0 saturated carbocycles. The Kier molecular flexibility index (Phi) is 4.14. The highest BCUT2D eigenvalue weighted by molar-refractivity contribution is 8.00. The molecular formula is C15H29N3S. The van der Waals surface area contributed by atoms with Crippen molar-refractivity contribution in [2.45, 2.75) is 49.4 Å². The van der Waals surface area contributed by atoms with Crippen LogP contribution in [0, 0.1) is 5.92 Å². The van der Waals surface area contributed by atoms with Crippen LogP contribution >= 0.6 is 11.8 Å². The Balaban J connectivity index is 1.73. The van der Waals surface area contributed by atoms with Gasteiger partial charge in [0.2, 0.25) is 0 Å². The normalized spacial score (nSPS) is 45.3. The number of fused-ring (bicyclic) bond motifs is 1. The molecule has 3 aliphatic heterocycles. The third-order valence-corrected chi connectivity index (χ3v) is 7.37. The molecule has 0 aliphatic carbocycles. The topological polar surface area (TPSA) is 32.5 Å². The standard InChI is InChI=1S/C15H29N3S/c1-12-15(11-16,6-9-19-12)18-8-5-14-13(10-18)4-3-7-17(14)2/h12-14H,3-11,16H2,1-2H3. The van der Waals surface area contributed by atoms with Gasteiger partial charge < -0.3 is 10.6 Å². The second-order valence-corrected chi connectivity index (χ2v) is 8.20. The minimum atomic E-state index is 0.297. The zero-order chi connectivity index (χ0) is 13.5. The molecule has 3 fully saturated rings. The van der Waals surface area contributed by atoms with Gasteiger partial charge >= 0.3 is 0 Å². The Morgan fingerprint density at radius 1 is 1.32 bits per heavy atom. The van der Waals surface area contributed by atoms with Crippen molar-refractivity contribution in [2.75, 3.05) is 39.0 Å². The zero-order valence-electron chi connectivity index (χ0n) is 12.5. The number of piperidine rings is 2. The lowest BCUT2D eigenvalue weighted by molar-refractivity contribution is -0.0125. The summed E-state index contributed by atoms with van der Waals surface area (Å²) in [5, 5.41) is 0.704. The van der Waals surface area contributed by atoms with E-state index in [1.165, 1.54) is 51.1 Å². The Bertz CT molecular complexity index is 325. The smallest absolute Gasteiger partial charge is 0.0455 e. The van der Waals surface area contributed by atoms with Crippen molar-refractivity contribution < 1.29 is 0 Å². The fourth-order valence-electron chi connectivity index (χ4n) is 4.64. The molecule has 4 heteroatoms. The molecule has 0 radical (unpaired) electrons. The maximum absolute atomic E-state index is 6.22. The predicted octanol–water partition coefficient (Wildman–Crippen LogP) is 1.63. The molecule has 0 amide bonds. The number of likely N-dealkylation sites (tertiary alicyclic amines) is 2. The summed E-state index contributed by atoms with van der Waals surface area (Å²) in [4.78, 5) is 5.38. The van der Waals surface area contributed by atoms with Gasteiger partial charge in [-0.3, -0.25) is 4.90 Å². The number of hydrogen-bond acceptors (Lipinski definition) is 4. The van der Waals surface area contributed by atoms with Gasteiger partial charge in [0.05, 0.1) is 0 Å². The van der Waals surface area contributed by atoms with Crippen LogP contribution in [0.4, 0.5) is 0 Å². The molecule has 110 valence electrons. The van der Waals surface area contributed by atoms with Gasteiger partial charge in [-0.05, 0) is 50.9 Å². The highest BCUT2D eigenvalue weighted by Gasteiger charge is 2.47. The van der Waals surface area contributed by atoms with Crippen molar-refractivity contribution in [3.63, 3.8) is 0 Å². The van der Waals surface area contributed by atoms with E-state index in [1.807, 2.05) is 0 Å². The molecule has 4 atom stereocenters. The van der Waals surface area contributed by atoms with Crippen LogP contribution in [-0.4, -0.2) is 65.6 Å². The van der Waals surface area contributed by atoms with Crippen molar-refractivity contribution >= 4 is 11.8 Å². The van der Waals surface area contributed by atoms with E-state index in [4.69, 9.17) is 5.73 Å². The van der Waals surface area contributed by atoms with E-state index in [0.29, 0.717) is 10.8 Å². The van der Waals surface area contributed by atoms with Crippen LogP contribution in [0.1, 0.15) is 32.6 Å². The zero-order valence-corrected chi connectivity index (χ0v) is 13.3. The summed E-state index contributed by atoms with van der Waals surface area (Å²) in [6.07, 6.45) is 5.45. The van der Waals surface area contributed by atoms with Crippen LogP contribution in [0.5, 0.6) is 0 Å². The summed E-state index contributed by atoms with van der Waals surface area (Å²) in [6, 6.07) is 0.837. The average molecular weight is 283 g/mol. The van der Waals surface area contributed by atoms with E-state index < -0.39 is 0 Å². The maximum atomic E-state index is 6.22. The van der Waals surface area contributed by atoms with E-state index in [1.54, 1.807) is 0 Å². The third kappa shape index (κ3) is 2.35. The first-order valence-electron chi connectivity index (χ1n) is 7.94. The van der Waals surface area contributed by atoms with Gasteiger partial charge in [-0.25, -0.2) is 0 Å². The highest BCUT2D eigenvalue weighted by Crippen LogP contribution is 2.42. The molecule has 4 unspecified atom stereocenters. The first kappa shape index (κ1) is 14.2. The van der Waals surface area contributed by atoms with E-state index in [2.05, 4.69) is 35.5 Å². The van der Waals surface area contributed by atoms with E-state index in [9.17, 15) is 0 Å². The fourth-order valence-corrected chi connectivity index (χ4v) is 6.14. The molecule has 0 aromatic rings. The minimum Gasteiger partial charge on any atom is -0.329 e. The summed E-state index contributed by atoms with van der Waals surface area (Å²) >= 11 is 2.12. The molecule has 19 heavy (non-hydrogen) atoms. The highest BCUT2D eigenvalue weighted by atomic mass is 32.2. The largest absolute Gasteiger partial charge is 0.329 e. The Morgan fingerprint density at radius 2 is 2.16 bits per heavy atom. The summed E-state index contributed by atoms with van der Waals surface area (Å²) in [5.41, 5.74) is 6.52. The Labute approximate surface area is 122 Å². The fraction of sp³-hybridized carbons (Fsp3) is 1.00. The number of nitrogens with zero attached hydrogens (tertiary/aromatic N) is 2. The molecule has 2 N–H and O–H groups in total. The quantitative estimate of drug-likeness (QED) is 0.835. The summed E-state index contributed by atoms with van der Waals surface area (Å²) in [6.45, 7) is 7.08. The van der Waals surface area contributed by atoms with E-state index in [0.717, 1.165) is 18.5 Å². The average Bonchev–Trinajstić information content (AvgIpc) is 2.81. The molecule has 0 spiro atoms. The lowest BCUT2D eigenvalue weighted by atomic mass is 9.80. The maximum Gasteiger partial charge on any atom is 0.0455 e. The second-order valence-electron chi connectivity index (χ2n) is 6.76. The SMILES string of the molecule is CC1SCCC1(CN)N1CCC2C(CCCN2C)C1. The van der Waals surface area contributed by atoms with Gasteiger partial charge in [0, 0.05) is 36.5 Å². The van der Waals surface area contributed by atoms with Gasteiger partial charge in [0.1, 0.15) is 0 Å². The molecule has 3 saturated heterocycles. The number of thioether (sulfide) groups is 1. The molecule has 3 rings (SSSR count). The van der Waals surface area contributed by atoms with Crippen LogP contribution in [0.15, 0.2) is 0 Å². The number of rotatable bonds is 2. The minimum absolute atomic E-state index is 0.297. The van der Waals surface area contributed by atoms with Gasteiger partial charge in [0.25, 0.3) is 0 Å². The molecule has 0 aromatic carbocycles. The summed E-state index contributed by atoms with van der Waals surface area (Å²) < 4.78 is 0. The number of nitrogens with two attached hydrogens (primary N) is 1. The first-order chi connectivity index (χ1) is 9.17. The van der Waals surface area contributed by atoms with Crippen molar-refractivity contribution in [3.05, 3.63) is 0 Å². The van der Waals surface area contributed by atoms with Gasteiger partial charge in [-0.2, -0.15) is 11.8 Å². The van der Waals surface area contributed by atoms with E-state index in [-0.39, 0.29) is 0 Å². The summed E-state index contributed by atoms with van der Waals surface area (Å²) in [5.74, 6) is 2.18. The van der Waals surface area contributed by atoms with Crippen LogP contribution in [0.25, 0.3) is 0 Å². The van der Waals surface area contributed by atoms with Crippen molar-refractivity contribution in [3.8, 4) is 0 Å². The third-order valence-electron chi connectivity index (χ3n) is 5.99. The van der Waals surface area contributed by atoms with E-state index >= 15 is 0 Å². The Hall–Kier alpha value is 0.230. The lowest BCUT2D eigenvalue weighted by Gasteiger charge is -2.52. The Morgan fingerprint density at radius 3 is 2.84 bits per heavy atom. The number of hydrogen-bond donors (Lipinski definition) is 1. The molecule has 3 heterocycles. The van der Waals surface area contributed by atoms with Crippen LogP contribution in [0.2, 0.25) is 0 Å². The van der Waals surface area contributed by atoms with Crippen LogP contribution < -0.4 is 5.73 Å². The van der Waals surface area contributed by atoms with Gasteiger partial charge in [0.15, 0.2) is 0 Å². The molecule has 3 aliphatic rings.